The van der Waals surface area contributed by atoms with E-state index in [-0.39, 0.29) is 18.9 Å². The molecule has 1 amide bonds. The van der Waals surface area contributed by atoms with Gasteiger partial charge in [0, 0.05) is 42.3 Å². The van der Waals surface area contributed by atoms with Gasteiger partial charge in [0.1, 0.15) is 0 Å². The highest BCUT2D eigenvalue weighted by atomic mass is 16.4. The first-order valence-corrected chi connectivity index (χ1v) is 8.63. The van der Waals surface area contributed by atoms with E-state index in [9.17, 15) is 9.59 Å². The van der Waals surface area contributed by atoms with Crippen LogP contribution in [0.15, 0.2) is 63.9 Å². The monoisotopic (exact) mass is 349 g/mol. The molecule has 0 aliphatic rings. The van der Waals surface area contributed by atoms with Crippen molar-refractivity contribution in [1.29, 1.82) is 0 Å². The van der Waals surface area contributed by atoms with Crippen LogP contribution < -0.4 is 11.1 Å². The number of anilines is 1. The van der Waals surface area contributed by atoms with Gasteiger partial charge in [0.05, 0.1) is 5.52 Å². The minimum atomic E-state index is -0.443. The summed E-state index contributed by atoms with van der Waals surface area (Å²) in [5.74, 6) is -0.585. The molecule has 6 heteroatoms. The number of aromatic nitrogens is 2. The second-order valence-electron chi connectivity index (χ2n) is 6.16. The van der Waals surface area contributed by atoms with Gasteiger partial charge in [0.25, 0.3) is 0 Å². The lowest BCUT2D eigenvalue weighted by Gasteiger charge is -2.07. The number of fused-ring (bicyclic) bond motifs is 2. The molecule has 0 bridgehead atoms. The molecule has 0 unspecified atom stereocenters. The van der Waals surface area contributed by atoms with Gasteiger partial charge < -0.3 is 14.3 Å². The topological polar surface area (TPSA) is 69.2 Å². The van der Waals surface area contributed by atoms with Crippen molar-refractivity contribution in [3.63, 3.8) is 0 Å². The van der Waals surface area contributed by atoms with Crippen molar-refractivity contribution < 1.29 is 9.21 Å². The third-order valence-electron chi connectivity index (χ3n) is 4.53. The molecule has 2 heterocycles. The first-order chi connectivity index (χ1) is 12.7. The highest BCUT2D eigenvalue weighted by Crippen LogP contribution is 2.21. The molecule has 0 atom stereocenters. The molecule has 4 aromatic rings. The number of aryl methyl sites for hydroxylation is 2. The molecule has 0 saturated heterocycles. The summed E-state index contributed by atoms with van der Waals surface area (Å²) in [6.07, 6.45) is 2.23. The number of hydrogen-bond donors (Lipinski definition) is 1. The number of nitrogens with zero attached hydrogens (tertiary/aromatic N) is 2. The predicted molar refractivity (Wildman–Crippen MR) is 101 cm³/mol. The van der Waals surface area contributed by atoms with Gasteiger partial charge >= 0.3 is 5.76 Å². The Kier molecular flexibility index (Phi) is 4.08. The van der Waals surface area contributed by atoms with Crippen molar-refractivity contribution in [3.05, 3.63) is 65.3 Å². The minimum absolute atomic E-state index is 0.142. The molecule has 0 radical (unpaired) electrons. The zero-order valence-electron chi connectivity index (χ0n) is 14.4. The molecule has 4 rings (SSSR count). The molecule has 0 fully saturated rings. The van der Waals surface area contributed by atoms with Gasteiger partial charge in [-0.2, -0.15) is 0 Å². The van der Waals surface area contributed by atoms with Gasteiger partial charge in [-0.05, 0) is 43.3 Å². The van der Waals surface area contributed by atoms with Crippen LogP contribution in [0.4, 0.5) is 5.69 Å². The fraction of sp³-hybridized carbons (Fsp3) is 0.200. The summed E-state index contributed by atoms with van der Waals surface area (Å²) in [5, 5.41) is 3.98. The van der Waals surface area contributed by atoms with Crippen molar-refractivity contribution in [1.82, 2.24) is 9.13 Å². The number of nitrogens with one attached hydrogen (secondary N) is 1. The summed E-state index contributed by atoms with van der Waals surface area (Å²) in [6.45, 7) is 3.27. The summed E-state index contributed by atoms with van der Waals surface area (Å²) in [7, 11) is 0. The lowest BCUT2D eigenvalue weighted by atomic mass is 10.2. The van der Waals surface area contributed by atoms with E-state index in [0.29, 0.717) is 11.1 Å². The van der Waals surface area contributed by atoms with E-state index in [4.69, 9.17) is 4.42 Å². The fourth-order valence-corrected chi connectivity index (χ4v) is 3.22. The summed E-state index contributed by atoms with van der Waals surface area (Å²) in [6, 6.07) is 15.1. The van der Waals surface area contributed by atoms with E-state index in [1.165, 1.54) is 4.57 Å². The van der Waals surface area contributed by atoms with Crippen molar-refractivity contribution in [2.45, 2.75) is 26.4 Å². The van der Waals surface area contributed by atoms with Gasteiger partial charge in [-0.15, -0.1) is 0 Å². The van der Waals surface area contributed by atoms with E-state index in [1.807, 2.05) is 48.7 Å². The molecular weight excluding hydrogens is 330 g/mol. The first kappa shape index (κ1) is 16.2. The summed E-state index contributed by atoms with van der Waals surface area (Å²) in [4.78, 5) is 24.2. The smallest absolute Gasteiger partial charge is 0.408 e. The maximum absolute atomic E-state index is 12.3. The van der Waals surface area contributed by atoms with Crippen LogP contribution in [0.1, 0.15) is 13.3 Å². The summed E-state index contributed by atoms with van der Waals surface area (Å²) >= 11 is 0. The molecular formula is C20H19N3O3. The summed E-state index contributed by atoms with van der Waals surface area (Å²) in [5.41, 5.74) is 3.12. The van der Waals surface area contributed by atoms with Crippen LogP contribution in [0.2, 0.25) is 0 Å². The molecule has 0 aliphatic carbocycles. The van der Waals surface area contributed by atoms with E-state index in [0.717, 1.165) is 23.1 Å². The van der Waals surface area contributed by atoms with Crippen molar-refractivity contribution in [3.8, 4) is 0 Å². The largest absolute Gasteiger partial charge is 0.419 e. The quantitative estimate of drug-likeness (QED) is 0.598. The molecule has 26 heavy (non-hydrogen) atoms. The number of para-hydroxylation sites is 2. The second-order valence-corrected chi connectivity index (χ2v) is 6.16. The van der Waals surface area contributed by atoms with E-state index in [1.54, 1.807) is 6.07 Å². The Labute approximate surface area is 149 Å². The van der Waals surface area contributed by atoms with Crippen LogP contribution in [0.25, 0.3) is 22.0 Å². The van der Waals surface area contributed by atoms with Gasteiger partial charge in [-0.3, -0.25) is 9.36 Å². The Morgan fingerprint density at radius 2 is 1.96 bits per heavy atom. The van der Waals surface area contributed by atoms with Crippen molar-refractivity contribution in [2.75, 3.05) is 5.32 Å². The second kappa shape index (κ2) is 6.55. The van der Waals surface area contributed by atoms with Crippen molar-refractivity contribution in [2.24, 2.45) is 0 Å². The van der Waals surface area contributed by atoms with Gasteiger partial charge in [-0.25, -0.2) is 4.79 Å². The number of carbonyl (C=O) groups is 1. The van der Waals surface area contributed by atoms with E-state index < -0.39 is 5.76 Å². The Morgan fingerprint density at radius 1 is 1.12 bits per heavy atom. The third-order valence-corrected chi connectivity index (χ3v) is 4.53. The number of carbonyl (C=O) groups excluding carboxylic acids is 1. The van der Waals surface area contributed by atoms with Gasteiger partial charge in [-0.1, -0.05) is 12.1 Å². The fourth-order valence-electron chi connectivity index (χ4n) is 3.22. The van der Waals surface area contributed by atoms with Crippen LogP contribution in [-0.4, -0.2) is 15.0 Å². The number of hydrogen-bond acceptors (Lipinski definition) is 3. The SMILES string of the molecule is CCn1ccc2cc(NC(=O)CCn3c(=O)oc4ccccc43)ccc21. The highest BCUT2D eigenvalue weighted by Gasteiger charge is 2.11. The Hall–Kier alpha value is -3.28. The van der Waals surface area contributed by atoms with Crippen molar-refractivity contribution >= 4 is 33.6 Å². The molecule has 0 spiro atoms. The average Bonchev–Trinajstić information content (AvgIpc) is 3.19. The molecule has 0 aliphatic heterocycles. The highest BCUT2D eigenvalue weighted by molar-refractivity contribution is 5.94. The molecule has 1 N–H and O–H groups in total. The lowest BCUT2D eigenvalue weighted by molar-refractivity contribution is -0.116. The molecule has 132 valence electrons. The first-order valence-electron chi connectivity index (χ1n) is 8.63. The summed E-state index contributed by atoms with van der Waals surface area (Å²) < 4.78 is 8.82. The third kappa shape index (κ3) is 2.90. The average molecular weight is 349 g/mol. The molecule has 2 aromatic heterocycles. The molecule has 6 nitrogen and oxygen atoms in total. The zero-order chi connectivity index (χ0) is 18.1. The van der Waals surface area contributed by atoms with Crippen LogP contribution in [-0.2, 0) is 17.9 Å². The lowest BCUT2D eigenvalue weighted by Crippen LogP contribution is -2.19. The van der Waals surface area contributed by atoms with Crippen LogP contribution in [0, 0.1) is 0 Å². The number of benzene rings is 2. The number of oxazole rings is 1. The standard InChI is InChI=1S/C20H19N3O3/c1-2-22-11-9-14-13-15(7-8-16(14)22)21-19(24)10-12-23-17-5-3-4-6-18(17)26-20(23)25/h3-9,11,13H,2,10,12H2,1H3,(H,21,24). The molecule has 0 saturated carbocycles. The normalized spacial score (nSPS) is 11.3. The maximum Gasteiger partial charge on any atom is 0.419 e. The number of rotatable bonds is 5. The Balaban J connectivity index is 1.47. The van der Waals surface area contributed by atoms with Crippen LogP contribution >= 0.6 is 0 Å². The van der Waals surface area contributed by atoms with E-state index >= 15 is 0 Å². The van der Waals surface area contributed by atoms with Gasteiger partial charge in [0.2, 0.25) is 5.91 Å². The Bertz CT molecular complexity index is 1150. The van der Waals surface area contributed by atoms with E-state index in [2.05, 4.69) is 16.8 Å². The maximum atomic E-state index is 12.3. The number of amides is 1. The Morgan fingerprint density at radius 3 is 2.81 bits per heavy atom. The van der Waals surface area contributed by atoms with Crippen LogP contribution in [0.3, 0.4) is 0 Å². The minimum Gasteiger partial charge on any atom is -0.408 e. The van der Waals surface area contributed by atoms with Crippen LogP contribution in [0.5, 0.6) is 0 Å². The molecule has 2 aromatic carbocycles. The predicted octanol–water partition coefficient (Wildman–Crippen LogP) is 3.60. The zero-order valence-corrected chi connectivity index (χ0v) is 14.4. The van der Waals surface area contributed by atoms with Gasteiger partial charge in [0.15, 0.2) is 5.58 Å².